The molecular weight excluding hydrogens is 410 g/mol. The van der Waals surface area contributed by atoms with Crippen molar-refractivity contribution in [3.05, 3.63) is 47.2 Å². The van der Waals surface area contributed by atoms with Gasteiger partial charge in [0.15, 0.2) is 0 Å². The molecule has 0 aromatic heterocycles. The number of hydrogen-bond acceptors (Lipinski definition) is 3. The van der Waals surface area contributed by atoms with Gasteiger partial charge in [-0.05, 0) is 86.8 Å². The Morgan fingerprint density at radius 2 is 1.85 bits per heavy atom. The van der Waals surface area contributed by atoms with Crippen LogP contribution in [-0.2, 0) is 17.8 Å². The average Bonchev–Trinajstić information content (AvgIpc) is 3.12. The third kappa shape index (κ3) is 4.89. The normalized spacial score (nSPS) is 32.6. The number of carbonyl (C=O) groups excluding carboxylic acids is 2. The first-order chi connectivity index (χ1) is 16.0. The molecule has 2 N–H and O–H groups in total. The Hall–Kier alpha value is -2.14. The number of rotatable bonds is 5. The van der Waals surface area contributed by atoms with Gasteiger partial charge in [-0.25, -0.2) is 0 Å². The Labute approximate surface area is 198 Å². The zero-order chi connectivity index (χ0) is 22.9. The lowest BCUT2D eigenvalue weighted by Crippen LogP contribution is -2.49. The second kappa shape index (κ2) is 9.61. The van der Waals surface area contributed by atoms with Crippen LogP contribution in [0.1, 0.15) is 92.6 Å². The highest BCUT2D eigenvalue weighted by molar-refractivity contribution is 6.01. The van der Waals surface area contributed by atoms with Crippen LogP contribution in [0.4, 0.5) is 0 Å². The zero-order valence-electron chi connectivity index (χ0n) is 20.1. The Balaban J connectivity index is 1.24. The molecule has 1 saturated heterocycles. The lowest BCUT2D eigenvalue weighted by Gasteiger charge is -2.37. The number of amides is 2. The van der Waals surface area contributed by atoms with Crippen LogP contribution in [0.2, 0.25) is 0 Å². The monoisotopic (exact) mass is 449 g/mol. The molecule has 2 amide bonds. The summed E-state index contributed by atoms with van der Waals surface area (Å²) in [4.78, 5) is 27.3. The van der Waals surface area contributed by atoms with Crippen molar-refractivity contribution >= 4 is 11.8 Å². The molecule has 5 nitrogen and oxygen atoms in total. The van der Waals surface area contributed by atoms with Gasteiger partial charge in [-0.1, -0.05) is 38.5 Å². The summed E-state index contributed by atoms with van der Waals surface area (Å²) >= 11 is 0. The second-order valence-corrected chi connectivity index (χ2v) is 11.1. The van der Waals surface area contributed by atoms with Gasteiger partial charge in [-0.3, -0.25) is 9.59 Å². The van der Waals surface area contributed by atoms with Crippen molar-refractivity contribution < 1.29 is 9.59 Å². The van der Waals surface area contributed by atoms with Crippen molar-refractivity contribution in [3.8, 4) is 0 Å². The van der Waals surface area contributed by atoms with Gasteiger partial charge in [0.25, 0.3) is 5.91 Å². The summed E-state index contributed by atoms with van der Waals surface area (Å²) in [6.45, 7) is 6.78. The quantitative estimate of drug-likeness (QED) is 0.685. The zero-order valence-corrected chi connectivity index (χ0v) is 20.1. The molecule has 3 fully saturated rings. The first-order valence-corrected chi connectivity index (χ1v) is 13.2. The van der Waals surface area contributed by atoms with E-state index in [-0.39, 0.29) is 17.9 Å². The van der Waals surface area contributed by atoms with Gasteiger partial charge in [0.1, 0.15) is 6.04 Å². The Kier molecular flexibility index (Phi) is 6.60. The van der Waals surface area contributed by atoms with Crippen LogP contribution < -0.4 is 10.6 Å². The fourth-order valence-electron chi connectivity index (χ4n) is 6.54. The molecule has 2 aliphatic heterocycles. The maximum absolute atomic E-state index is 13.0. The SMILES string of the molecule is C=C1CCC(N2Cc3cc(C[C@H]4CCCC[C@@H]4N[C@H]4CC[C@H](C)CC4)ccc3C2=O)C(=O)N1. The first-order valence-electron chi connectivity index (χ1n) is 13.2. The van der Waals surface area contributed by atoms with Crippen molar-refractivity contribution in [3.63, 3.8) is 0 Å². The fourth-order valence-corrected chi connectivity index (χ4v) is 6.54. The molecule has 178 valence electrons. The van der Waals surface area contributed by atoms with Gasteiger partial charge in [-0.2, -0.15) is 0 Å². The molecule has 3 atom stereocenters. The van der Waals surface area contributed by atoms with E-state index in [1.165, 1.54) is 56.9 Å². The van der Waals surface area contributed by atoms with Crippen molar-refractivity contribution in [1.82, 2.24) is 15.5 Å². The highest BCUT2D eigenvalue weighted by Gasteiger charge is 2.38. The lowest BCUT2D eigenvalue weighted by molar-refractivity contribution is -0.126. The smallest absolute Gasteiger partial charge is 0.255 e. The number of nitrogens with zero attached hydrogens (tertiary/aromatic N) is 1. The van der Waals surface area contributed by atoms with E-state index in [1.807, 2.05) is 6.07 Å². The minimum Gasteiger partial charge on any atom is -0.329 e. The maximum Gasteiger partial charge on any atom is 0.255 e. The molecular formula is C28H39N3O2. The van der Waals surface area contributed by atoms with Crippen molar-refractivity contribution in [2.24, 2.45) is 11.8 Å². The highest BCUT2D eigenvalue weighted by atomic mass is 16.2. The predicted molar refractivity (Wildman–Crippen MR) is 131 cm³/mol. The van der Waals surface area contributed by atoms with Crippen LogP contribution >= 0.6 is 0 Å². The van der Waals surface area contributed by atoms with Gasteiger partial charge in [0, 0.05) is 29.9 Å². The van der Waals surface area contributed by atoms with Crippen molar-refractivity contribution in [2.75, 3.05) is 0 Å². The number of carbonyl (C=O) groups is 2. The molecule has 0 spiro atoms. The molecule has 1 aromatic carbocycles. The van der Waals surface area contributed by atoms with E-state index in [0.717, 1.165) is 35.6 Å². The largest absolute Gasteiger partial charge is 0.329 e. The fraction of sp³-hybridized carbons (Fsp3) is 0.643. The third-order valence-electron chi connectivity index (χ3n) is 8.57. The van der Waals surface area contributed by atoms with E-state index in [2.05, 4.69) is 36.3 Å². The maximum atomic E-state index is 13.0. The predicted octanol–water partition coefficient (Wildman–Crippen LogP) is 4.70. The Morgan fingerprint density at radius 1 is 1.06 bits per heavy atom. The summed E-state index contributed by atoms with van der Waals surface area (Å²) in [5.74, 6) is 1.45. The van der Waals surface area contributed by atoms with E-state index in [1.54, 1.807) is 4.90 Å². The molecule has 5 heteroatoms. The molecule has 1 unspecified atom stereocenters. The molecule has 5 rings (SSSR count). The third-order valence-corrected chi connectivity index (χ3v) is 8.57. The topological polar surface area (TPSA) is 61.4 Å². The summed E-state index contributed by atoms with van der Waals surface area (Å²) < 4.78 is 0. The summed E-state index contributed by atoms with van der Waals surface area (Å²) in [6, 6.07) is 7.31. The van der Waals surface area contributed by atoms with E-state index in [4.69, 9.17) is 0 Å². The van der Waals surface area contributed by atoms with Gasteiger partial charge in [-0.15, -0.1) is 0 Å². The van der Waals surface area contributed by atoms with E-state index in [0.29, 0.717) is 31.0 Å². The van der Waals surface area contributed by atoms with E-state index >= 15 is 0 Å². The van der Waals surface area contributed by atoms with Gasteiger partial charge >= 0.3 is 0 Å². The second-order valence-electron chi connectivity index (χ2n) is 11.1. The van der Waals surface area contributed by atoms with Crippen LogP contribution in [0, 0.1) is 11.8 Å². The number of piperidine rings is 1. The van der Waals surface area contributed by atoms with Crippen LogP contribution in [0.15, 0.2) is 30.5 Å². The highest BCUT2D eigenvalue weighted by Crippen LogP contribution is 2.33. The standard InChI is InChI=1S/C28H39N3O2/c1-18-7-11-23(12-8-18)30-25-6-4-3-5-21(25)15-20-10-13-24-22(16-20)17-31(28(24)33)26-14-9-19(2)29-27(26)32/h10,13,16,18,21,23,25-26,30H,2-9,11-12,14-15,17H2,1H3,(H,29,32)/t18-,21-,23-,25+,26?/m1/s1. The molecule has 2 heterocycles. The van der Waals surface area contributed by atoms with Gasteiger partial charge < -0.3 is 15.5 Å². The van der Waals surface area contributed by atoms with E-state index in [9.17, 15) is 9.59 Å². The van der Waals surface area contributed by atoms with Gasteiger partial charge in [0.05, 0.1) is 0 Å². The molecule has 33 heavy (non-hydrogen) atoms. The molecule has 1 aromatic rings. The number of fused-ring (bicyclic) bond motifs is 1. The van der Waals surface area contributed by atoms with E-state index < -0.39 is 0 Å². The Morgan fingerprint density at radius 3 is 2.64 bits per heavy atom. The summed E-state index contributed by atoms with van der Waals surface area (Å²) in [7, 11) is 0. The lowest BCUT2D eigenvalue weighted by atomic mass is 9.79. The van der Waals surface area contributed by atoms with Crippen LogP contribution in [-0.4, -0.2) is 34.8 Å². The molecule has 2 aliphatic carbocycles. The number of hydrogen-bond donors (Lipinski definition) is 2. The summed E-state index contributed by atoms with van der Waals surface area (Å²) in [5.41, 5.74) is 3.93. The number of benzene rings is 1. The minimum absolute atomic E-state index is 0.00653. The van der Waals surface area contributed by atoms with Crippen molar-refractivity contribution in [1.29, 1.82) is 0 Å². The summed E-state index contributed by atoms with van der Waals surface area (Å²) in [6.07, 6.45) is 13.1. The summed E-state index contributed by atoms with van der Waals surface area (Å²) in [5, 5.41) is 6.88. The number of nitrogens with one attached hydrogen (secondary N) is 2. The molecule has 0 bridgehead atoms. The van der Waals surface area contributed by atoms with Crippen LogP contribution in [0.3, 0.4) is 0 Å². The minimum atomic E-state index is -0.385. The molecule has 0 radical (unpaired) electrons. The van der Waals surface area contributed by atoms with Gasteiger partial charge in [0.2, 0.25) is 5.91 Å². The average molecular weight is 450 g/mol. The Bertz CT molecular complexity index is 918. The van der Waals surface area contributed by atoms with Crippen molar-refractivity contribution in [2.45, 2.75) is 102 Å². The molecule has 4 aliphatic rings. The number of allylic oxidation sites excluding steroid dienone is 1. The van der Waals surface area contributed by atoms with Crippen LogP contribution in [0.5, 0.6) is 0 Å². The van der Waals surface area contributed by atoms with Crippen LogP contribution in [0.25, 0.3) is 0 Å². The first kappa shape index (κ1) is 22.6. The molecule has 2 saturated carbocycles.